The number of carbonyl (C=O) groups is 1. The molecule has 0 saturated heterocycles. The molecule has 3 aromatic rings. The van der Waals surface area contributed by atoms with Crippen LogP contribution in [0.15, 0.2) is 58.4 Å². The highest BCUT2D eigenvalue weighted by molar-refractivity contribution is 8.01. The van der Waals surface area contributed by atoms with Gasteiger partial charge in [0.1, 0.15) is 16.5 Å². The van der Waals surface area contributed by atoms with Crippen molar-refractivity contribution in [3.05, 3.63) is 65.2 Å². The SMILES string of the molecule is COc1ccc(C)cc1NC(=O)[C@@H](Sc1nncs1)c1ccccc1. The van der Waals surface area contributed by atoms with Gasteiger partial charge in [0.05, 0.1) is 12.8 Å². The lowest BCUT2D eigenvalue weighted by Gasteiger charge is -2.17. The van der Waals surface area contributed by atoms with E-state index in [2.05, 4.69) is 15.5 Å². The maximum atomic E-state index is 13.0. The van der Waals surface area contributed by atoms with E-state index < -0.39 is 5.25 Å². The lowest BCUT2D eigenvalue weighted by molar-refractivity contribution is -0.115. The highest BCUT2D eigenvalue weighted by atomic mass is 32.2. The normalized spacial score (nSPS) is 11.8. The number of thioether (sulfide) groups is 1. The van der Waals surface area contributed by atoms with E-state index in [1.807, 2.05) is 55.5 Å². The molecule has 0 unspecified atom stereocenters. The Bertz CT molecular complexity index is 839. The number of rotatable bonds is 6. The Morgan fingerprint density at radius 2 is 2.04 bits per heavy atom. The van der Waals surface area contributed by atoms with Gasteiger partial charge in [0.2, 0.25) is 5.91 Å². The molecular formula is C18H17N3O2S2. The Kier molecular flexibility index (Phi) is 5.67. The van der Waals surface area contributed by atoms with Gasteiger partial charge in [0.15, 0.2) is 4.34 Å². The molecule has 0 fully saturated rings. The fourth-order valence-electron chi connectivity index (χ4n) is 2.33. The van der Waals surface area contributed by atoms with E-state index in [1.165, 1.54) is 23.1 Å². The van der Waals surface area contributed by atoms with Gasteiger partial charge in [-0.1, -0.05) is 59.5 Å². The van der Waals surface area contributed by atoms with Gasteiger partial charge in [-0.05, 0) is 30.2 Å². The van der Waals surface area contributed by atoms with Crippen molar-refractivity contribution in [2.24, 2.45) is 0 Å². The predicted octanol–water partition coefficient (Wildman–Crippen LogP) is 4.33. The fraction of sp³-hybridized carbons (Fsp3) is 0.167. The Hall–Kier alpha value is -2.38. The molecule has 1 aromatic heterocycles. The van der Waals surface area contributed by atoms with Crippen LogP contribution in [0.3, 0.4) is 0 Å². The number of aryl methyl sites for hydroxylation is 1. The smallest absolute Gasteiger partial charge is 0.242 e. The molecule has 0 saturated carbocycles. The van der Waals surface area contributed by atoms with Gasteiger partial charge in [0, 0.05) is 0 Å². The molecule has 0 aliphatic heterocycles. The molecule has 1 N–H and O–H groups in total. The van der Waals surface area contributed by atoms with Crippen LogP contribution >= 0.6 is 23.1 Å². The molecule has 0 bridgehead atoms. The number of ether oxygens (including phenoxy) is 1. The molecule has 0 aliphatic carbocycles. The number of nitrogens with one attached hydrogen (secondary N) is 1. The van der Waals surface area contributed by atoms with Crippen LogP contribution < -0.4 is 10.1 Å². The topological polar surface area (TPSA) is 64.1 Å². The van der Waals surface area contributed by atoms with Gasteiger partial charge in [-0.2, -0.15) is 0 Å². The largest absolute Gasteiger partial charge is 0.495 e. The molecular weight excluding hydrogens is 354 g/mol. The first-order valence-corrected chi connectivity index (χ1v) is 9.36. The minimum Gasteiger partial charge on any atom is -0.495 e. The summed E-state index contributed by atoms with van der Waals surface area (Å²) in [4.78, 5) is 13.0. The number of amides is 1. The maximum Gasteiger partial charge on any atom is 0.242 e. The highest BCUT2D eigenvalue weighted by Crippen LogP contribution is 2.37. The molecule has 1 atom stereocenters. The zero-order chi connectivity index (χ0) is 17.6. The van der Waals surface area contributed by atoms with Crippen LogP contribution in [0.4, 0.5) is 5.69 Å². The summed E-state index contributed by atoms with van der Waals surface area (Å²) in [6.07, 6.45) is 0. The van der Waals surface area contributed by atoms with Gasteiger partial charge in [-0.15, -0.1) is 10.2 Å². The number of methoxy groups -OCH3 is 1. The van der Waals surface area contributed by atoms with E-state index in [1.54, 1.807) is 12.6 Å². The molecule has 1 heterocycles. The van der Waals surface area contributed by atoms with Gasteiger partial charge in [0.25, 0.3) is 0 Å². The number of hydrogen-bond donors (Lipinski definition) is 1. The first kappa shape index (κ1) is 17.4. The van der Waals surface area contributed by atoms with Gasteiger partial charge < -0.3 is 10.1 Å². The molecule has 0 aliphatic rings. The van der Waals surface area contributed by atoms with Crippen LogP contribution in [0.2, 0.25) is 0 Å². The zero-order valence-electron chi connectivity index (χ0n) is 13.8. The zero-order valence-corrected chi connectivity index (χ0v) is 15.4. The summed E-state index contributed by atoms with van der Waals surface area (Å²) in [6, 6.07) is 15.3. The summed E-state index contributed by atoms with van der Waals surface area (Å²) in [7, 11) is 1.59. The van der Waals surface area contributed by atoms with Crippen LogP contribution in [0.5, 0.6) is 5.75 Å². The molecule has 0 radical (unpaired) electrons. The Morgan fingerprint density at radius 1 is 1.24 bits per heavy atom. The van der Waals surface area contributed by atoms with Gasteiger partial charge in [-0.3, -0.25) is 4.79 Å². The average Bonchev–Trinajstić information content (AvgIpc) is 3.14. The Labute approximate surface area is 154 Å². The Morgan fingerprint density at radius 3 is 2.72 bits per heavy atom. The van der Waals surface area contributed by atoms with Crippen LogP contribution in [-0.4, -0.2) is 23.2 Å². The fourth-order valence-corrected chi connectivity index (χ4v) is 4.01. The van der Waals surface area contributed by atoms with Crippen LogP contribution in [0, 0.1) is 6.92 Å². The van der Waals surface area contributed by atoms with E-state index in [0.29, 0.717) is 11.4 Å². The molecule has 25 heavy (non-hydrogen) atoms. The molecule has 3 rings (SSSR count). The van der Waals surface area contributed by atoms with Crippen molar-refractivity contribution in [1.82, 2.24) is 10.2 Å². The number of anilines is 1. The summed E-state index contributed by atoms with van der Waals surface area (Å²) >= 11 is 2.80. The van der Waals surface area contributed by atoms with Crippen molar-refractivity contribution in [3.63, 3.8) is 0 Å². The molecule has 7 heteroatoms. The minimum atomic E-state index is -0.431. The standard InChI is InChI=1S/C18H17N3O2S2/c1-12-8-9-15(23-2)14(10-12)20-17(22)16(13-6-4-3-5-7-13)25-18-21-19-11-24-18/h3-11,16H,1-2H3,(H,20,22)/t16-/m0/s1. The highest BCUT2D eigenvalue weighted by Gasteiger charge is 2.24. The monoisotopic (exact) mass is 371 g/mol. The van der Waals surface area contributed by atoms with Crippen molar-refractivity contribution in [3.8, 4) is 5.75 Å². The van der Waals surface area contributed by atoms with Crippen molar-refractivity contribution >= 4 is 34.7 Å². The van der Waals surface area contributed by atoms with Crippen LogP contribution in [0.1, 0.15) is 16.4 Å². The first-order chi connectivity index (χ1) is 12.2. The average molecular weight is 371 g/mol. The van der Waals surface area contributed by atoms with E-state index in [-0.39, 0.29) is 5.91 Å². The number of nitrogens with zero attached hydrogens (tertiary/aromatic N) is 2. The number of aromatic nitrogens is 2. The second kappa shape index (κ2) is 8.13. The second-order valence-corrected chi connectivity index (χ2v) is 7.49. The number of carbonyl (C=O) groups excluding carboxylic acids is 1. The van der Waals surface area contributed by atoms with E-state index in [4.69, 9.17) is 4.74 Å². The van der Waals surface area contributed by atoms with Crippen molar-refractivity contribution < 1.29 is 9.53 Å². The summed E-state index contributed by atoms with van der Waals surface area (Å²) < 4.78 is 6.10. The quantitative estimate of drug-likeness (QED) is 0.654. The summed E-state index contributed by atoms with van der Waals surface area (Å²) in [5.74, 6) is 0.502. The molecule has 2 aromatic carbocycles. The van der Waals surface area contributed by atoms with Crippen molar-refractivity contribution in [2.45, 2.75) is 16.5 Å². The van der Waals surface area contributed by atoms with Crippen LogP contribution in [-0.2, 0) is 4.79 Å². The third kappa shape index (κ3) is 4.37. The molecule has 0 spiro atoms. The van der Waals surface area contributed by atoms with Crippen molar-refractivity contribution in [2.75, 3.05) is 12.4 Å². The van der Waals surface area contributed by atoms with E-state index in [0.717, 1.165) is 15.5 Å². The third-order valence-electron chi connectivity index (χ3n) is 3.51. The number of benzene rings is 2. The summed E-state index contributed by atoms with van der Waals surface area (Å²) in [6.45, 7) is 1.97. The second-order valence-electron chi connectivity index (χ2n) is 5.31. The molecule has 1 amide bonds. The molecule has 5 nitrogen and oxygen atoms in total. The lowest BCUT2D eigenvalue weighted by Crippen LogP contribution is -2.19. The van der Waals surface area contributed by atoms with Gasteiger partial charge >= 0.3 is 0 Å². The van der Waals surface area contributed by atoms with Gasteiger partial charge in [-0.25, -0.2) is 0 Å². The predicted molar refractivity (Wildman–Crippen MR) is 101 cm³/mol. The summed E-state index contributed by atoms with van der Waals surface area (Å²) in [5, 5.41) is 10.4. The summed E-state index contributed by atoms with van der Waals surface area (Å²) in [5.41, 5.74) is 4.27. The number of hydrogen-bond acceptors (Lipinski definition) is 6. The molecule has 128 valence electrons. The van der Waals surface area contributed by atoms with E-state index in [9.17, 15) is 4.79 Å². The Balaban J connectivity index is 1.88. The van der Waals surface area contributed by atoms with Crippen LogP contribution in [0.25, 0.3) is 0 Å². The third-order valence-corrected chi connectivity index (χ3v) is 5.58. The lowest BCUT2D eigenvalue weighted by atomic mass is 10.1. The minimum absolute atomic E-state index is 0.129. The maximum absolute atomic E-state index is 13.0. The van der Waals surface area contributed by atoms with E-state index >= 15 is 0 Å². The van der Waals surface area contributed by atoms with Crippen molar-refractivity contribution in [1.29, 1.82) is 0 Å². The first-order valence-electron chi connectivity index (χ1n) is 7.60.